The van der Waals surface area contributed by atoms with Crippen LogP contribution in [0.15, 0.2) is 4.99 Å². The quantitative estimate of drug-likeness (QED) is 0.282. The van der Waals surface area contributed by atoms with E-state index in [2.05, 4.69) is 4.99 Å². The Hall–Kier alpha value is 0.470. The van der Waals surface area contributed by atoms with Crippen molar-refractivity contribution in [2.75, 3.05) is 13.1 Å². The number of carboxylic acid groups (broad SMARTS) is 2. The fourth-order valence-corrected chi connectivity index (χ4v) is 2.14. The fraction of sp³-hybridized carbons (Fsp3) is 0.667. The Morgan fingerprint density at radius 1 is 1.45 bits per heavy atom. The molecule has 11 heteroatoms. The second-order valence-electron chi connectivity index (χ2n) is 3.84. The minimum Gasteiger partial charge on any atom is -1.00 e. The van der Waals surface area contributed by atoms with E-state index in [1.165, 1.54) is 11.8 Å². The van der Waals surface area contributed by atoms with Crippen LogP contribution in [0.25, 0.3) is 0 Å². The fourth-order valence-electron chi connectivity index (χ4n) is 1.67. The van der Waals surface area contributed by atoms with E-state index in [9.17, 15) is 19.0 Å². The molecule has 0 amide bonds. The number of aliphatic carboxylic acids is 2. The van der Waals surface area contributed by atoms with Gasteiger partial charge in [-0.05, 0) is 0 Å². The monoisotopic (exact) mass is 324 g/mol. The summed E-state index contributed by atoms with van der Waals surface area (Å²) in [6, 6.07) is 0. The number of carbonyl (C=O) groups is 2. The van der Waals surface area contributed by atoms with Crippen LogP contribution in [0.3, 0.4) is 0 Å². The number of carboxylic acids is 2. The van der Waals surface area contributed by atoms with Crippen molar-refractivity contribution < 1.29 is 91.2 Å². The van der Waals surface area contributed by atoms with Gasteiger partial charge in [-0.2, -0.15) is 0 Å². The van der Waals surface area contributed by atoms with Gasteiger partial charge in [0.15, 0.2) is 5.92 Å². The molecule has 0 radical (unpaired) electrons. The molecule has 1 aliphatic heterocycles. The van der Waals surface area contributed by atoms with Crippen molar-refractivity contribution >= 4 is 25.8 Å². The van der Waals surface area contributed by atoms with Crippen LogP contribution in [-0.4, -0.2) is 51.8 Å². The summed E-state index contributed by atoms with van der Waals surface area (Å²) in [5.41, 5.74) is 0. The van der Waals surface area contributed by atoms with E-state index >= 15 is 0 Å². The van der Waals surface area contributed by atoms with Crippen LogP contribution in [0.5, 0.6) is 0 Å². The van der Waals surface area contributed by atoms with Crippen LogP contribution in [0.1, 0.15) is 16.2 Å². The zero-order valence-electron chi connectivity index (χ0n) is 13.6. The molecule has 0 fully saturated rings. The van der Waals surface area contributed by atoms with E-state index in [0.29, 0.717) is 13.1 Å². The molecule has 8 nitrogen and oxygen atoms in total. The molecule has 0 aromatic rings. The van der Waals surface area contributed by atoms with Crippen molar-refractivity contribution in [2.24, 2.45) is 10.9 Å². The Labute approximate surface area is 164 Å². The van der Waals surface area contributed by atoms with Crippen LogP contribution < -0.4 is 64.0 Å². The maximum Gasteiger partial charge on any atom is 1.00 e. The van der Waals surface area contributed by atoms with Crippen molar-refractivity contribution in [1.82, 2.24) is 4.90 Å². The van der Waals surface area contributed by atoms with Gasteiger partial charge in [-0.25, -0.2) is 0 Å². The first kappa shape index (κ1) is 22.7. The summed E-state index contributed by atoms with van der Waals surface area (Å²) in [4.78, 5) is 37.8. The van der Waals surface area contributed by atoms with Crippen LogP contribution in [0.4, 0.5) is 0 Å². The van der Waals surface area contributed by atoms with E-state index in [1.807, 2.05) is 0 Å². The maximum atomic E-state index is 10.9. The van der Waals surface area contributed by atoms with Crippen molar-refractivity contribution in [3.8, 4) is 0 Å². The average Bonchev–Trinajstić information content (AvgIpc) is 2.71. The molecule has 0 aromatic heterocycles. The molecule has 1 rings (SSSR count). The van der Waals surface area contributed by atoms with Gasteiger partial charge in [-0.15, -0.1) is 0 Å². The minimum atomic E-state index is -2.70. The van der Waals surface area contributed by atoms with Crippen LogP contribution in [0.2, 0.25) is 0 Å². The molecule has 1 aliphatic rings. The Kier molecular flexibility index (Phi) is 11.6. The summed E-state index contributed by atoms with van der Waals surface area (Å²) in [6.45, 7) is 2.14. The number of aliphatic imine (C=N–C) groups is 1. The third kappa shape index (κ3) is 6.07. The van der Waals surface area contributed by atoms with Gasteiger partial charge in [0.2, 0.25) is 5.78 Å². The van der Waals surface area contributed by atoms with Gasteiger partial charge >= 0.3 is 79.1 Å². The van der Waals surface area contributed by atoms with Gasteiger partial charge in [0.05, 0.1) is 6.54 Å². The normalized spacial score (nSPS) is 15.8. The van der Waals surface area contributed by atoms with Gasteiger partial charge in [0.25, 0.3) is 0 Å². The summed E-state index contributed by atoms with van der Waals surface area (Å²) in [6.07, 6.45) is -0.307. The van der Waals surface area contributed by atoms with Crippen LogP contribution in [0, 0.1) is 5.92 Å². The second-order valence-corrected chi connectivity index (χ2v) is 5.16. The van der Waals surface area contributed by atoms with Crippen molar-refractivity contribution in [2.45, 2.75) is 19.1 Å². The summed E-state index contributed by atoms with van der Waals surface area (Å²) >= 11 is 0. The molecular weight excluding hydrogens is 309 g/mol. The number of hydrogen-bond donors (Lipinski definition) is 2. The van der Waals surface area contributed by atoms with E-state index in [4.69, 9.17) is 10.2 Å². The molecule has 0 aliphatic carbocycles. The van der Waals surface area contributed by atoms with Gasteiger partial charge in [0, 0.05) is 19.9 Å². The number of hydrogen-bond acceptors (Lipinski definition) is 6. The standard InChI is InChI=1S/C9H13N2O6P.2Na.2H/c1-5(18(16)17)11-3-2-10-7(11)4-6(8(12)13)9(14)15;;;;/h5-6H,2-4H2,1H3,(H,12,13)(H,14,15);;;;/q;2*+1;2*-1. The molecule has 0 bridgehead atoms. The first-order valence-corrected chi connectivity index (χ1v) is 6.48. The van der Waals surface area contributed by atoms with Crippen molar-refractivity contribution in [1.29, 1.82) is 0 Å². The van der Waals surface area contributed by atoms with Gasteiger partial charge < -0.3 is 22.9 Å². The molecule has 0 aromatic carbocycles. The first-order chi connectivity index (χ1) is 8.34. The summed E-state index contributed by atoms with van der Waals surface area (Å²) in [7, 11) is -2.70. The summed E-state index contributed by atoms with van der Waals surface area (Å²) < 4.78 is 10.9. The minimum absolute atomic E-state index is 0. The molecule has 0 spiro atoms. The smallest absolute Gasteiger partial charge is 1.00 e. The summed E-state index contributed by atoms with van der Waals surface area (Å²) in [5.74, 6) is -5.13. The maximum absolute atomic E-state index is 10.9. The molecule has 2 unspecified atom stereocenters. The molecule has 0 saturated carbocycles. The number of amidine groups is 1. The molecule has 2 atom stereocenters. The Balaban J connectivity index is -0.000000405. The van der Waals surface area contributed by atoms with Gasteiger partial charge in [-0.1, -0.05) is 4.57 Å². The largest absolute Gasteiger partial charge is 1.00 e. The predicted molar refractivity (Wildman–Crippen MR) is 61.7 cm³/mol. The topological polar surface area (TPSA) is 130 Å². The van der Waals surface area contributed by atoms with E-state index in [0.717, 1.165) is 0 Å². The van der Waals surface area contributed by atoms with E-state index in [1.54, 1.807) is 0 Å². The Bertz CT molecular complexity index is 415. The molecule has 2 N–H and O–H groups in total. The average molecular weight is 324 g/mol. The van der Waals surface area contributed by atoms with Gasteiger partial charge in [-0.3, -0.25) is 14.6 Å². The number of nitrogens with zero attached hydrogens (tertiary/aromatic N) is 2. The SMILES string of the molecule is CC(N1CCN=C1CC(C(=O)O)C(=O)O)[P+](=O)[O-].[H-].[H-].[Na+].[Na+]. The third-order valence-electron chi connectivity index (χ3n) is 2.71. The van der Waals surface area contributed by atoms with Crippen molar-refractivity contribution in [3.63, 3.8) is 0 Å². The van der Waals surface area contributed by atoms with Crippen LogP contribution >= 0.6 is 8.03 Å². The van der Waals surface area contributed by atoms with Gasteiger partial charge in [0.1, 0.15) is 5.84 Å². The number of rotatable bonds is 6. The second kappa shape index (κ2) is 10.2. The molecular formula is C9H15N2Na2O6P. The molecule has 104 valence electrons. The first-order valence-electron chi connectivity index (χ1n) is 5.23. The van der Waals surface area contributed by atoms with Crippen molar-refractivity contribution in [3.05, 3.63) is 0 Å². The van der Waals surface area contributed by atoms with Crippen LogP contribution in [-0.2, 0) is 14.2 Å². The molecule has 0 saturated heterocycles. The Morgan fingerprint density at radius 3 is 2.35 bits per heavy atom. The predicted octanol–water partition coefficient (Wildman–Crippen LogP) is -6.44. The summed E-state index contributed by atoms with van der Waals surface area (Å²) in [5, 5.41) is 17.5. The zero-order valence-corrected chi connectivity index (χ0v) is 16.5. The Morgan fingerprint density at radius 2 is 1.95 bits per heavy atom. The molecule has 20 heavy (non-hydrogen) atoms. The van der Waals surface area contributed by atoms with E-state index in [-0.39, 0.29) is 74.2 Å². The third-order valence-corrected chi connectivity index (χ3v) is 3.59. The molecule has 1 heterocycles. The zero-order chi connectivity index (χ0) is 13.9. The van der Waals surface area contributed by atoms with E-state index < -0.39 is 31.7 Å².